The van der Waals surface area contributed by atoms with Crippen LogP contribution in [0.1, 0.15) is 12.5 Å². The van der Waals surface area contributed by atoms with Crippen LogP contribution in [0.25, 0.3) is 12.2 Å². The summed E-state index contributed by atoms with van der Waals surface area (Å²) >= 11 is 5.70. The Kier molecular flexibility index (Phi) is 3.63. The summed E-state index contributed by atoms with van der Waals surface area (Å²) < 4.78 is 0. The van der Waals surface area contributed by atoms with Crippen molar-refractivity contribution < 1.29 is 0 Å². The van der Waals surface area contributed by atoms with Crippen LogP contribution in [0.15, 0.2) is 17.8 Å². The zero-order valence-corrected chi connectivity index (χ0v) is 9.17. The van der Waals surface area contributed by atoms with Crippen LogP contribution in [0, 0.1) is 5.41 Å². The third kappa shape index (κ3) is 2.44. The molecule has 0 amide bonds. The van der Waals surface area contributed by atoms with Gasteiger partial charge in [0.15, 0.2) is 0 Å². The number of pyridine rings is 1. The molecule has 0 unspecified atom stereocenters. The number of hydrogen-bond acceptors (Lipinski definition) is 3. The van der Waals surface area contributed by atoms with Gasteiger partial charge >= 0.3 is 0 Å². The monoisotopic (exact) mass is 221 g/mol. The van der Waals surface area contributed by atoms with E-state index in [0.29, 0.717) is 16.4 Å². The maximum Gasteiger partial charge on any atom is 0.132 e. The molecule has 0 aliphatic heterocycles. The van der Waals surface area contributed by atoms with Gasteiger partial charge in [0.2, 0.25) is 0 Å². The Morgan fingerprint density at radius 3 is 2.80 bits per heavy atom. The predicted molar refractivity (Wildman–Crippen MR) is 65.4 cm³/mol. The van der Waals surface area contributed by atoms with Gasteiger partial charge in [0.25, 0.3) is 0 Å². The highest BCUT2D eigenvalue weighted by molar-refractivity contribution is 6.33. The van der Waals surface area contributed by atoms with E-state index in [0.717, 1.165) is 10.4 Å². The Balaban J connectivity index is 3.73. The summed E-state index contributed by atoms with van der Waals surface area (Å²) in [7, 11) is 0. The molecule has 1 aromatic rings. The Bertz CT molecular complexity index is 517. The molecule has 1 rings (SSSR count). The number of aromatic nitrogens is 1. The van der Waals surface area contributed by atoms with E-state index >= 15 is 0 Å². The molecule has 3 nitrogen and oxygen atoms in total. The van der Waals surface area contributed by atoms with Crippen molar-refractivity contribution in [1.82, 2.24) is 4.98 Å². The van der Waals surface area contributed by atoms with Gasteiger partial charge in [-0.3, -0.25) is 0 Å². The van der Waals surface area contributed by atoms with Crippen molar-refractivity contribution in [2.45, 2.75) is 6.92 Å². The molecule has 0 saturated heterocycles. The maximum absolute atomic E-state index is 7.27. The third-order valence-corrected chi connectivity index (χ3v) is 2.07. The van der Waals surface area contributed by atoms with Crippen molar-refractivity contribution in [2.24, 2.45) is 0 Å². The fourth-order valence-corrected chi connectivity index (χ4v) is 1.45. The highest BCUT2D eigenvalue weighted by Crippen LogP contribution is 1.98. The van der Waals surface area contributed by atoms with Crippen molar-refractivity contribution in [3.05, 3.63) is 33.8 Å². The first-order valence-corrected chi connectivity index (χ1v) is 4.75. The topological polar surface area (TPSA) is 62.8 Å². The number of halogens is 1. The van der Waals surface area contributed by atoms with Gasteiger partial charge in [0.05, 0.1) is 0 Å². The molecule has 4 heteroatoms. The number of hydrogen-bond donors (Lipinski definition) is 2. The number of nitrogens with zero attached hydrogens (tertiary/aromatic N) is 1. The number of nitrogens with two attached hydrogens (primary N) is 1. The second-order valence-electron chi connectivity index (χ2n) is 2.95. The van der Waals surface area contributed by atoms with E-state index in [1.54, 1.807) is 12.3 Å². The summed E-state index contributed by atoms with van der Waals surface area (Å²) in [6.07, 6.45) is 6.36. The van der Waals surface area contributed by atoms with Gasteiger partial charge in [-0.25, -0.2) is 4.98 Å². The molecular formula is C11H12ClN3. The van der Waals surface area contributed by atoms with Gasteiger partial charge in [-0.1, -0.05) is 24.3 Å². The smallest absolute Gasteiger partial charge is 0.132 e. The minimum Gasteiger partial charge on any atom is -0.383 e. The largest absolute Gasteiger partial charge is 0.383 e. The second-order valence-corrected chi connectivity index (χ2v) is 3.44. The summed E-state index contributed by atoms with van der Waals surface area (Å²) in [4.78, 5) is 3.99. The molecule has 0 bridgehead atoms. The highest BCUT2D eigenvalue weighted by atomic mass is 35.5. The minimum atomic E-state index is 0.343. The van der Waals surface area contributed by atoms with Crippen molar-refractivity contribution in [1.29, 1.82) is 5.41 Å². The van der Waals surface area contributed by atoms with Crippen LogP contribution in [-0.4, -0.2) is 11.2 Å². The van der Waals surface area contributed by atoms with Gasteiger partial charge in [-0.05, 0) is 18.2 Å². The fourth-order valence-electron chi connectivity index (χ4n) is 1.33. The van der Waals surface area contributed by atoms with E-state index in [-0.39, 0.29) is 0 Å². The molecule has 0 atom stereocenters. The average molecular weight is 222 g/mol. The molecule has 0 radical (unpaired) electrons. The fraction of sp³-hybridized carbons (Fsp3) is 0.0909. The first-order chi connectivity index (χ1) is 7.10. The molecular weight excluding hydrogens is 210 g/mol. The van der Waals surface area contributed by atoms with Crippen LogP contribution in [-0.2, 0) is 0 Å². The molecule has 1 heterocycles. The first-order valence-electron chi connectivity index (χ1n) is 4.37. The van der Waals surface area contributed by atoms with Gasteiger partial charge in [0.1, 0.15) is 5.82 Å². The summed E-state index contributed by atoms with van der Waals surface area (Å²) in [6.45, 7) is 5.45. The zero-order chi connectivity index (χ0) is 11.4. The van der Waals surface area contributed by atoms with Gasteiger partial charge in [0, 0.05) is 28.2 Å². The quantitative estimate of drug-likeness (QED) is 0.732. The van der Waals surface area contributed by atoms with Crippen molar-refractivity contribution in [2.75, 3.05) is 5.73 Å². The molecule has 0 fully saturated rings. The van der Waals surface area contributed by atoms with Crippen LogP contribution in [0.5, 0.6) is 0 Å². The van der Waals surface area contributed by atoms with Crippen molar-refractivity contribution >= 4 is 35.8 Å². The molecule has 0 saturated carbocycles. The predicted octanol–water partition coefficient (Wildman–Crippen LogP) is 0.995. The molecule has 0 spiro atoms. The maximum atomic E-state index is 7.27. The molecule has 0 aromatic carbocycles. The molecule has 15 heavy (non-hydrogen) atoms. The van der Waals surface area contributed by atoms with E-state index in [1.165, 1.54) is 6.21 Å². The number of anilines is 1. The SMILES string of the molecule is C=C(Cl)/C=c1/cnc(N)c(C=N)/c1=C/C. The molecule has 0 aliphatic carbocycles. The second kappa shape index (κ2) is 4.75. The summed E-state index contributed by atoms with van der Waals surface area (Å²) in [5.74, 6) is 0.343. The average Bonchev–Trinajstić information content (AvgIpc) is 2.19. The lowest BCUT2D eigenvalue weighted by Crippen LogP contribution is -2.30. The Morgan fingerprint density at radius 2 is 2.33 bits per heavy atom. The zero-order valence-electron chi connectivity index (χ0n) is 8.42. The summed E-state index contributed by atoms with van der Waals surface area (Å²) in [5, 5.41) is 9.35. The number of nitrogens with one attached hydrogen (secondary N) is 1. The van der Waals surface area contributed by atoms with Crippen LogP contribution < -0.4 is 16.2 Å². The van der Waals surface area contributed by atoms with Crippen LogP contribution >= 0.6 is 11.6 Å². The van der Waals surface area contributed by atoms with Gasteiger partial charge in [-0.2, -0.15) is 0 Å². The van der Waals surface area contributed by atoms with Crippen molar-refractivity contribution in [3.8, 4) is 0 Å². The van der Waals surface area contributed by atoms with Crippen LogP contribution in [0.4, 0.5) is 5.82 Å². The standard InChI is InChI=1S/C11H12ClN3/c1-3-9-8(4-7(2)12)6-15-11(14)10(9)5-13/h3-6,13H,2,14H2,1H3/b8-4-,9-3+,13-5?. The number of nitrogen functional groups attached to an aromatic ring is 1. The molecule has 1 aromatic heterocycles. The van der Waals surface area contributed by atoms with E-state index in [9.17, 15) is 0 Å². The summed E-state index contributed by atoms with van der Waals surface area (Å²) in [5.41, 5.74) is 6.26. The Labute approximate surface area is 93.1 Å². The normalized spacial score (nSPS) is 12.9. The molecule has 0 aliphatic rings. The molecule has 3 N–H and O–H groups in total. The van der Waals surface area contributed by atoms with Gasteiger partial charge in [-0.15, -0.1) is 0 Å². The van der Waals surface area contributed by atoms with E-state index in [2.05, 4.69) is 11.6 Å². The minimum absolute atomic E-state index is 0.343. The van der Waals surface area contributed by atoms with Crippen LogP contribution in [0.3, 0.4) is 0 Å². The lowest BCUT2D eigenvalue weighted by atomic mass is 10.1. The highest BCUT2D eigenvalue weighted by Gasteiger charge is 1.99. The number of rotatable bonds is 2. The Hall–Kier alpha value is -1.61. The van der Waals surface area contributed by atoms with E-state index < -0.39 is 0 Å². The Morgan fingerprint density at radius 1 is 1.67 bits per heavy atom. The molecule has 78 valence electrons. The van der Waals surface area contributed by atoms with Gasteiger partial charge < -0.3 is 11.1 Å². The third-order valence-electron chi connectivity index (χ3n) is 1.96. The number of allylic oxidation sites excluding steroid dienone is 1. The lowest BCUT2D eigenvalue weighted by Gasteiger charge is -2.00. The van der Waals surface area contributed by atoms with Crippen molar-refractivity contribution in [3.63, 3.8) is 0 Å². The summed E-state index contributed by atoms with van der Waals surface area (Å²) in [6, 6.07) is 0. The lowest BCUT2D eigenvalue weighted by molar-refractivity contribution is 1.27. The first kappa shape index (κ1) is 11.5. The van der Waals surface area contributed by atoms with E-state index in [1.807, 2.05) is 13.0 Å². The van der Waals surface area contributed by atoms with E-state index in [4.69, 9.17) is 22.7 Å². The van der Waals surface area contributed by atoms with Crippen LogP contribution in [0.2, 0.25) is 0 Å².